The summed E-state index contributed by atoms with van der Waals surface area (Å²) in [6.45, 7) is 1.69. The number of hydrogen-bond donors (Lipinski definition) is 1. The standard InChI is InChI=1S/C15H14FN3O2/c1-9-6-15(17-8-14(9)19(20)21)18-13-7-12(13)10-2-4-11(16)5-3-10/h2-6,8,12-13H,7H2,1H3,(H,17,18)/t12-,13+/m0/s1. The van der Waals surface area contributed by atoms with Gasteiger partial charge in [0.1, 0.15) is 17.8 Å². The van der Waals surface area contributed by atoms with Crippen molar-refractivity contribution >= 4 is 11.5 Å². The minimum Gasteiger partial charge on any atom is -0.367 e. The van der Waals surface area contributed by atoms with E-state index in [0.29, 0.717) is 17.3 Å². The fraction of sp³-hybridized carbons (Fsp3) is 0.267. The Morgan fingerprint density at radius 1 is 1.38 bits per heavy atom. The third-order valence-corrected chi connectivity index (χ3v) is 3.70. The lowest BCUT2D eigenvalue weighted by Crippen LogP contribution is -2.06. The molecule has 6 heteroatoms. The van der Waals surface area contributed by atoms with Crippen LogP contribution in [0.2, 0.25) is 0 Å². The number of nitrogens with one attached hydrogen (secondary N) is 1. The zero-order valence-corrected chi connectivity index (χ0v) is 11.4. The van der Waals surface area contributed by atoms with E-state index in [0.717, 1.165) is 12.0 Å². The SMILES string of the molecule is Cc1cc(N[C@@H]2C[C@H]2c2ccc(F)cc2)ncc1[N+](=O)[O-]. The molecule has 0 aliphatic heterocycles. The van der Waals surface area contributed by atoms with Crippen LogP contribution in [-0.4, -0.2) is 15.9 Å². The molecule has 2 aromatic rings. The van der Waals surface area contributed by atoms with Gasteiger partial charge in [-0.2, -0.15) is 0 Å². The Bertz CT molecular complexity index is 688. The lowest BCUT2D eigenvalue weighted by atomic mass is 10.1. The van der Waals surface area contributed by atoms with Gasteiger partial charge in [-0.3, -0.25) is 10.1 Å². The molecule has 0 unspecified atom stereocenters. The van der Waals surface area contributed by atoms with E-state index in [1.54, 1.807) is 25.1 Å². The molecule has 2 atom stereocenters. The lowest BCUT2D eigenvalue weighted by molar-refractivity contribution is -0.385. The summed E-state index contributed by atoms with van der Waals surface area (Å²) in [6.07, 6.45) is 2.22. The summed E-state index contributed by atoms with van der Waals surface area (Å²) < 4.78 is 12.9. The maximum absolute atomic E-state index is 12.9. The van der Waals surface area contributed by atoms with Crippen LogP contribution in [0.4, 0.5) is 15.9 Å². The number of aromatic nitrogens is 1. The first kappa shape index (κ1) is 13.5. The van der Waals surface area contributed by atoms with Crippen molar-refractivity contribution in [3.63, 3.8) is 0 Å². The third kappa shape index (κ3) is 2.84. The van der Waals surface area contributed by atoms with Gasteiger partial charge < -0.3 is 5.32 Å². The number of nitrogens with zero attached hydrogens (tertiary/aromatic N) is 2. The molecule has 0 saturated heterocycles. The van der Waals surface area contributed by atoms with E-state index in [9.17, 15) is 14.5 Å². The Balaban J connectivity index is 1.67. The molecule has 0 spiro atoms. The Kier molecular flexibility index (Phi) is 3.29. The fourth-order valence-electron chi connectivity index (χ4n) is 2.44. The number of halogens is 1. The van der Waals surface area contributed by atoms with Gasteiger partial charge in [0.15, 0.2) is 0 Å². The molecule has 0 bridgehead atoms. The molecule has 1 aromatic carbocycles. The van der Waals surface area contributed by atoms with E-state index in [4.69, 9.17) is 0 Å². The monoisotopic (exact) mass is 287 g/mol. The first-order valence-corrected chi connectivity index (χ1v) is 6.67. The topological polar surface area (TPSA) is 68.1 Å². The van der Waals surface area contributed by atoms with Gasteiger partial charge in [-0.1, -0.05) is 12.1 Å². The Labute approximate surface area is 121 Å². The molecule has 108 valence electrons. The van der Waals surface area contributed by atoms with Crippen molar-refractivity contribution in [2.24, 2.45) is 0 Å². The largest absolute Gasteiger partial charge is 0.367 e. The molecule has 0 amide bonds. The van der Waals surface area contributed by atoms with Gasteiger partial charge in [-0.15, -0.1) is 0 Å². The second-order valence-corrected chi connectivity index (χ2v) is 5.26. The van der Waals surface area contributed by atoms with Crippen LogP contribution in [0.3, 0.4) is 0 Å². The predicted molar refractivity (Wildman–Crippen MR) is 76.8 cm³/mol. The molecule has 21 heavy (non-hydrogen) atoms. The fourth-order valence-corrected chi connectivity index (χ4v) is 2.44. The number of hydrogen-bond acceptors (Lipinski definition) is 4. The maximum Gasteiger partial charge on any atom is 0.290 e. The van der Waals surface area contributed by atoms with Crippen LogP contribution in [-0.2, 0) is 0 Å². The highest BCUT2D eigenvalue weighted by molar-refractivity contribution is 5.49. The summed E-state index contributed by atoms with van der Waals surface area (Å²) in [5.41, 5.74) is 1.69. The first-order valence-electron chi connectivity index (χ1n) is 6.67. The van der Waals surface area contributed by atoms with Crippen molar-refractivity contribution in [2.45, 2.75) is 25.3 Å². The number of rotatable bonds is 4. The van der Waals surface area contributed by atoms with Crippen LogP contribution < -0.4 is 5.32 Å². The quantitative estimate of drug-likeness (QED) is 0.691. The van der Waals surface area contributed by atoms with Gasteiger partial charge >= 0.3 is 0 Å². The van der Waals surface area contributed by atoms with Gasteiger partial charge in [0, 0.05) is 17.5 Å². The van der Waals surface area contributed by atoms with Crippen molar-refractivity contribution in [3.8, 4) is 0 Å². The highest BCUT2D eigenvalue weighted by Crippen LogP contribution is 2.42. The van der Waals surface area contributed by atoms with Crippen molar-refractivity contribution in [3.05, 3.63) is 63.6 Å². The number of nitro groups is 1. The van der Waals surface area contributed by atoms with E-state index in [-0.39, 0.29) is 17.5 Å². The van der Waals surface area contributed by atoms with Crippen LogP contribution in [0.15, 0.2) is 36.5 Å². The van der Waals surface area contributed by atoms with Gasteiger partial charge in [0.25, 0.3) is 5.69 Å². The molecule has 1 heterocycles. The van der Waals surface area contributed by atoms with Crippen LogP contribution in [0.5, 0.6) is 0 Å². The van der Waals surface area contributed by atoms with Crippen LogP contribution in [0.1, 0.15) is 23.5 Å². The number of aryl methyl sites for hydroxylation is 1. The third-order valence-electron chi connectivity index (χ3n) is 3.70. The van der Waals surface area contributed by atoms with Crippen LogP contribution in [0.25, 0.3) is 0 Å². The van der Waals surface area contributed by atoms with Crippen LogP contribution >= 0.6 is 0 Å². The summed E-state index contributed by atoms with van der Waals surface area (Å²) in [5.74, 6) is 0.729. The Morgan fingerprint density at radius 3 is 2.71 bits per heavy atom. The molecule has 1 aliphatic carbocycles. The minimum atomic E-state index is -0.440. The molecule has 5 nitrogen and oxygen atoms in total. The van der Waals surface area contributed by atoms with Crippen molar-refractivity contribution in [1.82, 2.24) is 4.98 Å². The van der Waals surface area contributed by atoms with E-state index in [1.165, 1.54) is 18.3 Å². The molecule has 1 N–H and O–H groups in total. The summed E-state index contributed by atoms with van der Waals surface area (Å²) in [7, 11) is 0. The first-order chi connectivity index (χ1) is 10.0. The molecule has 1 aromatic heterocycles. The Morgan fingerprint density at radius 2 is 2.10 bits per heavy atom. The van der Waals surface area contributed by atoms with E-state index in [2.05, 4.69) is 10.3 Å². The molecule has 1 fully saturated rings. The number of pyridine rings is 1. The Hall–Kier alpha value is -2.50. The smallest absolute Gasteiger partial charge is 0.290 e. The normalized spacial score (nSPS) is 20.1. The zero-order valence-electron chi connectivity index (χ0n) is 11.4. The minimum absolute atomic E-state index is 0.0198. The predicted octanol–water partition coefficient (Wildman–Crippen LogP) is 3.41. The average Bonchev–Trinajstić information content (AvgIpc) is 3.18. The molecular formula is C15H14FN3O2. The van der Waals surface area contributed by atoms with Gasteiger partial charge in [0.05, 0.1) is 4.92 Å². The maximum atomic E-state index is 12.9. The van der Waals surface area contributed by atoms with Crippen LogP contribution in [0, 0.1) is 22.9 Å². The summed E-state index contributed by atoms with van der Waals surface area (Å²) >= 11 is 0. The second-order valence-electron chi connectivity index (χ2n) is 5.26. The lowest BCUT2D eigenvalue weighted by Gasteiger charge is -2.06. The number of benzene rings is 1. The van der Waals surface area contributed by atoms with E-state index in [1.807, 2.05) is 0 Å². The molecule has 1 saturated carbocycles. The number of anilines is 1. The van der Waals surface area contributed by atoms with Crippen molar-refractivity contribution in [1.29, 1.82) is 0 Å². The molecule has 1 aliphatic rings. The summed E-state index contributed by atoms with van der Waals surface area (Å²) in [4.78, 5) is 14.4. The highest BCUT2D eigenvalue weighted by atomic mass is 19.1. The summed E-state index contributed by atoms with van der Waals surface area (Å²) in [6, 6.07) is 8.41. The van der Waals surface area contributed by atoms with E-state index >= 15 is 0 Å². The molecule has 3 rings (SSSR count). The van der Waals surface area contributed by atoms with Crippen molar-refractivity contribution < 1.29 is 9.31 Å². The van der Waals surface area contributed by atoms with Gasteiger partial charge in [-0.05, 0) is 37.1 Å². The zero-order chi connectivity index (χ0) is 15.0. The highest BCUT2D eigenvalue weighted by Gasteiger charge is 2.38. The van der Waals surface area contributed by atoms with Gasteiger partial charge in [0.2, 0.25) is 0 Å². The molecular weight excluding hydrogens is 273 g/mol. The summed E-state index contributed by atoms with van der Waals surface area (Å²) in [5, 5.41) is 14.0. The average molecular weight is 287 g/mol. The van der Waals surface area contributed by atoms with Gasteiger partial charge in [-0.25, -0.2) is 9.37 Å². The van der Waals surface area contributed by atoms with Crippen molar-refractivity contribution in [2.75, 3.05) is 5.32 Å². The van der Waals surface area contributed by atoms with E-state index < -0.39 is 4.92 Å². The molecule has 0 radical (unpaired) electrons. The second kappa shape index (κ2) is 5.12.